The van der Waals surface area contributed by atoms with E-state index in [0.29, 0.717) is 24.5 Å². The van der Waals surface area contributed by atoms with E-state index in [0.717, 1.165) is 5.52 Å². The Morgan fingerprint density at radius 2 is 2.08 bits per heavy atom. The second-order valence-corrected chi connectivity index (χ2v) is 4.95. The summed E-state index contributed by atoms with van der Waals surface area (Å²) in [5.41, 5.74) is 1.88. The molecule has 0 atom stereocenters. The van der Waals surface area contributed by atoms with Crippen molar-refractivity contribution in [3.8, 4) is 11.9 Å². The van der Waals surface area contributed by atoms with Crippen LogP contribution in [0.25, 0.3) is 5.52 Å². The van der Waals surface area contributed by atoms with Gasteiger partial charge in [0.05, 0.1) is 25.0 Å². The van der Waals surface area contributed by atoms with Crippen molar-refractivity contribution in [1.29, 1.82) is 0 Å². The van der Waals surface area contributed by atoms with Gasteiger partial charge in [-0.25, -0.2) is 4.98 Å². The zero-order chi connectivity index (χ0) is 16.9. The van der Waals surface area contributed by atoms with Crippen molar-refractivity contribution in [3.63, 3.8) is 0 Å². The quantitative estimate of drug-likeness (QED) is 0.753. The molecule has 0 fully saturated rings. The number of rotatable bonds is 6. The predicted octanol–water partition coefficient (Wildman–Crippen LogP) is 2.78. The molecule has 0 spiro atoms. The Morgan fingerprint density at radius 1 is 1.25 bits per heavy atom. The van der Waals surface area contributed by atoms with Gasteiger partial charge in [-0.1, -0.05) is 6.07 Å². The fourth-order valence-electron chi connectivity index (χ4n) is 2.26. The lowest BCUT2D eigenvalue weighted by molar-refractivity contribution is 0.102. The van der Waals surface area contributed by atoms with Gasteiger partial charge in [-0.05, 0) is 32.0 Å². The number of hydrogen-bond acceptors (Lipinski definition) is 5. The minimum atomic E-state index is -0.257. The molecule has 3 aromatic heterocycles. The van der Waals surface area contributed by atoms with E-state index in [9.17, 15) is 4.79 Å². The molecule has 7 nitrogen and oxygen atoms in total. The largest absolute Gasteiger partial charge is 0.476 e. The SMILES string of the molecule is CCOc1ncc(NC(=O)c2cc3ccccn3c2)c(OCC)n1. The Balaban J connectivity index is 1.84. The highest BCUT2D eigenvalue weighted by Gasteiger charge is 2.14. The van der Waals surface area contributed by atoms with Crippen LogP contribution in [0.3, 0.4) is 0 Å². The number of hydrogen-bond donors (Lipinski definition) is 1. The van der Waals surface area contributed by atoms with Gasteiger partial charge in [-0.15, -0.1) is 0 Å². The highest BCUT2D eigenvalue weighted by atomic mass is 16.5. The van der Waals surface area contributed by atoms with E-state index in [4.69, 9.17) is 9.47 Å². The minimum Gasteiger partial charge on any atom is -0.476 e. The van der Waals surface area contributed by atoms with Gasteiger partial charge in [-0.2, -0.15) is 4.98 Å². The Morgan fingerprint density at radius 3 is 2.83 bits per heavy atom. The van der Waals surface area contributed by atoms with Crippen molar-refractivity contribution in [3.05, 3.63) is 48.4 Å². The first-order chi connectivity index (χ1) is 11.7. The van der Waals surface area contributed by atoms with Gasteiger partial charge in [0.25, 0.3) is 5.91 Å². The normalized spacial score (nSPS) is 10.6. The molecule has 0 saturated carbocycles. The van der Waals surface area contributed by atoms with Crippen LogP contribution in [-0.2, 0) is 0 Å². The Bertz CT molecular complexity index is 827. The summed E-state index contributed by atoms with van der Waals surface area (Å²) < 4.78 is 12.6. The van der Waals surface area contributed by atoms with Gasteiger partial charge in [-0.3, -0.25) is 4.79 Å². The predicted molar refractivity (Wildman–Crippen MR) is 89.7 cm³/mol. The van der Waals surface area contributed by atoms with Crippen molar-refractivity contribution in [2.45, 2.75) is 13.8 Å². The molecular weight excluding hydrogens is 308 g/mol. The molecule has 3 aromatic rings. The maximum absolute atomic E-state index is 12.5. The second-order valence-electron chi connectivity index (χ2n) is 4.95. The number of carbonyl (C=O) groups excluding carboxylic acids is 1. The highest BCUT2D eigenvalue weighted by Crippen LogP contribution is 2.24. The van der Waals surface area contributed by atoms with Crippen LogP contribution < -0.4 is 14.8 Å². The Labute approximate surface area is 139 Å². The molecule has 0 aromatic carbocycles. The zero-order valence-corrected chi connectivity index (χ0v) is 13.5. The van der Waals surface area contributed by atoms with Crippen molar-refractivity contribution in [1.82, 2.24) is 14.4 Å². The lowest BCUT2D eigenvalue weighted by Gasteiger charge is -2.10. The first kappa shape index (κ1) is 15.8. The fourth-order valence-corrected chi connectivity index (χ4v) is 2.26. The standard InChI is InChI=1S/C17H18N4O3/c1-3-23-16-14(10-18-17(20-16)24-4-2)19-15(22)12-9-13-7-5-6-8-21(13)11-12/h5-11H,3-4H2,1-2H3,(H,19,22). The average molecular weight is 326 g/mol. The molecule has 0 radical (unpaired) electrons. The van der Waals surface area contributed by atoms with Crippen LogP contribution >= 0.6 is 0 Å². The molecule has 124 valence electrons. The van der Waals surface area contributed by atoms with Crippen molar-refractivity contribution >= 4 is 17.1 Å². The van der Waals surface area contributed by atoms with Crippen LogP contribution in [0, 0.1) is 0 Å². The molecule has 1 amide bonds. The van der Waals surface area contributed by atoms with Crippen LogP contribution in [0.2, 0.25) is 0 Å². The molecule has 7 heteroatoms. The third-order valence-corrected chi connectivity index (χ3v) is 3.30. The van der Waals surface area contributed by atoms with Crippen LogP contribution in [0.15, 0.2) is 42.9 Å². The summed E-state index contributed by atoms with van der Waals surface area (Å²) in [4.78, 5) is 20.7. The topological polar surface area (TPSA) is 77.8 Å². The van der Waals surface area contributed by atoms with Crippen LogP contribution in [0.5, 0.6) is 11.9 Å². The molecule has 1 N–H and O–H groups in total. The number of fused-ring (bicyclic) bond motifs is 1. The summed E-state index contributed by atoms with van der Waals surface area (Å²) in [5.74, 6) is 0.0282. The number of carbonyl (C=O) groups is 1. The van der Waals surface area contributed by atoms with Gasteiger partial charge >= 0.3 is 6.01 Å². The minimum absolute atomic E-state index is 0.216. The number of anilines is 1. The molecule has 3 rings (SSSR count). The van der Waals surface area contributed by atoms with Gasteiger partial charge in [0.15, 0.2) is 0 Å². The zero-order valence-electron chi connectivity index (χ0n) is 13.5. The maximum atomic E-state index is 12.5. The van der Waals surface area contributed by atoms with Crippen LogP contribution in [0.1, 0.15) is 24.2 Å². The van der Waals surface area contributed by atoms with Gasteiger partial charge in [0, 0.05) is 17.9 Å². The molecule has 0 unspecified atom stereocenters. The summed E-state index contributed by atoms with van der Waals surface area (Å²) in [6, 6.07) is 7.79. The van der Waals surface area contributed by atoms with Crippen molar-refractivity contribution in [2.24, 2.45) is 0 Å². The molecular formula is C17H18N4O3. The Kier molecular flexibility index (Phi) is 4.60. The van der Waals surface area contributed by atoms with Gasteiger partial charge < -0.3 is 19.2 Å². The van der Waals surface area contributed by atoms with Crippen molar-refractivity contribution in [2.75, 3.05) is 18.5 Å². The van der Waals surface area contributed by atoms with E-state index in [2.05, 4.69) is 15.3 Å². The highest BCUT2D eigenvalue weighted by molar-refractivity contribution is 6.05. The first-order valence-electron chi connectivity index (χ1n) is 7.72. The third kappa shape index (κ3) is 3.29. The molecule has 0 aliphatic heterocycles. The monoisotopic (exact) mass is 326 g/mol. The molecule has 0 saturated heterocycles. The number of ether oxygens (including phenoxy) is 2. The number of aromatic nitrogens is 3. The summed E-state index contributed by atoms with van der Waals surface area (Å²) in [6.07, 6.45) is 5.13. The van der Waals surface area contributed by atoms with Crippen LogP contribution in [0.4, 0.5) is 5.69 Å². The summed E-state index contributed by atoms with van der Waals surface area (Å²) in [7, 11) is 0. The molecule has 3 heterocycles. The molecule has 0 aliphatic carbocycles. The maximum Gasteiger partial charge on any atom is 0.319 e. The molecule has 0 aliphatic rings. The van der Waals surface area contributed by atoms with E-state index < -0.39 is 0 Å². The smallest absolute Gasteiger partial charge is 0.319 e. The van der Waals surface area contributed by atoms with Gasteiger partial charge in [0.2, 0.25) is 5.88 Å². The Hall–Kier alpha value is -3.09. The molecule has 24 heavy (non-hydrogen) atoms. The third-order valence-electron chi connectivity index (χ3n) is 3.30. The van der Waals surface area contributed by atoms with E-state index in [1.807, 2.05) is 48.7 Å². The fraction of sp³-hybridized carbons (Fsp3) is 0.235. The number of amides is 1. The lowest BCUT2D eigenvalue weighted by atomic mass is 10.3. The number of pyridine rings is 1. The van der Waals surface area contributed by atoms with E-state index >= 15 is 0 Å². The van der Waals surface area contributed by atoms with Crippen LogP contribution in [-0.4, -0.2) is 33.5 Å². The van der Waals surface area contributed by atoms with Crippen molar-refractivity contribution < 1.29 is 14.3 Å². The van der Waals surface area contributed by atoms with Gasteiger partial charge in [0.1, 0.15) is 5.69 Å². The first-order valence-corrected chi connectivity index (χ1v) is 7.72. The lowest BCUT2D eigenvalue weighted by Crippen LogP contribution is -2.13. The van der Waals surface area contributed by atoms with E-state index in [1.54, 1.807) is 6.20 Å². The number of nitrogens with zero attached hydrogens (tertiary/aromatic N) is 3. The second kappa shape index (κ2) is 6.99. The van der Waals surface area contributed by atoms with E-state index in [-0.39, 0.29) is 17.8 Å². The average Bonchev–Trinajstić information content (AvgIpc) is 3.02. The van der Waals surface area contributed by atoms with E-state index in [1.165, 1.54) is 6.20 Å². The summed E-state index contributed by atoms with van der Waals surface area (Å²) >= 11 is 0. The summed E-state index contributed by atoms with van der Waals surface area (Å²) in [5, 5.41) is 2.78. The summed E-state index contributed by atoms with van der Waals surface area (Å²) in [6.45, 7) is 4.56. The number of nitrogens with one attached hydrogen (secondary N) is 1. The molecule has 0 bridgehead atoms.